The van der Waals surface area contributed by atoms with Gasteiger partial charge in [-0.15, -0.1) is 0 Å². The Morgan fingerprint density at radius 1 is 1.20 bits per heavy atom. The molecular formula is C15H27N3O2. The molecule has 0 spiro atoms. The van der Waals surface area contributed by atoms with E-state index in [-0.39, 0.29) is 11.8 Å². The molecule has 114 valence electrons. The van der Waals surface area contributed by atoms with Crippen LogP contribution in [0.3, 0.4) is 0 Å². The van der Waals surface area contributed by atoms with E-state index in [9.17, 15) is 9.59 Å². The lowest BCUT2D eigenvalue weighted by Gasteiger charge is -2.29. The van der Waals surface area contributed by atoms with Crippen LogP contribution in [0.5, 0.6) is 0 Å². The molecule has 2 N–H and O–H groups in total. The van der Waals surface area contributed by atoms with Crippen molar-refractivity contribution >= 4 is 11.8 Å². The highest BCUT2D eigenvalue weighted by atomic mass is 16.2. The second-order valence-electron chi connectivity index (χ2n) is 7.16. The van der Waals surface area contributed by atoms with Gasteiger partial charge in [0, 0.05) is 30.6 Å². The molecule has 2 amide bonds. The van der Waals surface area contributed by atoms with Gasteiger partial charge in [-0.1, -0.05) is 20.8 Å². The SMILES string of the molecule is CC(NC(=O)C(C)(C)C)C(=O)N1CCC2CCC(C1)N2. The fourth-order valence-electron chi connectivity index (χ4n) is 2.89. The summed E-state index contributed by atoms with van der Waals surface area (Å²) < 4.78 is 0. The van der Waals surface area contributed by atoms with E-state index in [0.29, 0.717) is 12.1 Å². The molecule has 2 saturated heterocycles. The lowest BCUT2D eigenvalue weighted by atomic mass is 9.95. The van der Waals surface area contributed by atoms with Crippen LogP contribution < -0.4 is 10.6 Å². The number of carbonyl (C=O) groups excluding carboxylic acids is 2. The lowest BCUT2D eigenvalue weighted by molar-refractivity contribution is -0.138. The van der Waals surface area contributed by atoms with E-state index in [1.165, 1.54) is 6.42 Å². The molecule has 0 aromatic rings. The molecule has 0 radical (unpaired) electrons. The van der Waals surface area contributed by atoms with Gasteiger partial charge in [-0.05, 0) is 26.2 Å². The van der Waals surface area contributed by atoms with Gasteiger partial charge in [0.05, 0.1) is 0 Å². The predicted octanol–water partition coefficient (Wildman–Crippen LogP) is 0.890. The third-order valence-corrected chi connectivity index (χ3v) is 4.23. The van der Waals surface area contributed by atoms with Gasteiger partial charge in [-0.3, -0.25) is 9.59 Å². The van der Waals surface area contributed by atoms with E-state index in [2.05, 4.69) is 10.6 Å². The standard InChI is InChI=1S/C15H27N3O2/c1-10(16-14(20)15(2,3)4)13(19)18-8-7-11-5-6-12(9-18)17-11/h10-12,17H,5-9H2,1-4H3,(H,16,20). The molecule has 0 aromatic heterocycles. The van der Waals surface area contributed by atoms with Crippen molar-refractivity contribution in [3.8, 4) is 0 Å². The van der Waals surface area contributed by atoms with E-state index < -0.39 is 11.5 Å². The highest BCUT2D eigenvalue weighted by Crippen LogP contribution is 2.21. The van der Waals surface area contributed by atoms with Gasteiger partial charge in [0.2, 0.25) is 11.8 Å². The molecule has 2 aliphatic heterocycles. The Kier molecular flexibility index (Phi) is 4.37. The number of hydrogen-bond donors (Lipinski definition) is 2. The highest BCUT2D eigenvalue weighted by Gasteiger charge is 2.33. The first kappa shape index (κ1) is 15.3. The van der Waals surface area contributed by atoms with Crippen molar-refractivity contribution < 1.29 is 9.59 Å². The van der Waals surface area contributed by atoms with Crippen LogP contribution >= 0.6 is 0 Å². The maximum absolute atomic E-state index is 12.5. The van der Waals surface area contributed by atoms with Gasteiger partial charge in [0.15, 0.2) is 0 Å². The number of fused-ring (bicyclic) bond motifs is 2. The minimum absolute atomic E-state index is 0.0388. The van der Waals surface area contributed by atoms with Crippen molar-refractivity contribution in [3.05, 3.63) is 0 Å². The summed E-state index contributed by atoms with van der Waals surface area (Å²) >= 11 is 0. The van der Waals surface area contributed by atoms with Gasteiger partial charge >= 0.3 is 0 Å². The molecule has 2 fully saturated rings. The van der Waals surface area contributed by atoms with E-state index in [1.54, 1.807) is 6.92 Å². The second kappa shape index (κ2) is 5.72. The Hall–Kier alpha value is -1.10. The molecule has 3 atom stereocenters. The molecule has 5 nitrogen and oxygen atoms in total. The fourth-order valence-corrected chi connectivity index (χ4v) is 2.89. The number of nitrogens with one attached hydrogen (secondary N) is 2. The largest absolute Gasteiger partial charge is 0.344 e. The zero-order valence-corrected chi connectivity index (χ0v) is 13.0. The molecule has 2 rings (SSSR count). The molecule has 0 saturated carbocycles. The first-order chi connectivity index (χ1) is 9.27. The molecule has 2 heterocycles. The third-order valence-electron chi connectivity index (χ3n) is 4.23. The average molecular weight is 281 g/mol. The first-order valence-corrected chi connectivity index (χ1v) is 7.63. The highest BCUT2D eigenvalue weighted by molar-refractivity contribution is 5.89. The van der Waals surface area contributed by atoms with Crippen LogP contribution in [0.4, 0.5) is 0 Å². The van der Waals surface area contributed by atoms with Crippen molar-refractivity contribution in [3.63, 3.8) is 0 Å². The Morgan fingerprint density at radius 3 is 2.50 bits per heavy atom. The minimum Gasteiger partial charge on any atom is -0.344 e. The van der Waals surface area contributed by atoms with Crippen molar-refractivity contribution in [1.29, 1.82) is 0 Å². The number of hydrogen-bond acceptors (Lipinski definition) is 3. The number of carbonyl (C=O) groups is 2. The van der Waals surface area contributed by atoms with Crippen LogP contribution in [0.15, 0.2) is 0 Å². The van der Waals surface area contributed by atoms with E-state index in [4.69, 9.17) is 0 Å². The quantitative estimate of drug-likeness (QED) is 0.790. The lowest BCUT2D eigenvalue weighted by Crippen LogP contribution is -2.51. The second-order valence-corrected chi connectivity index (χ2v) is 7.16. The van der Waals surface area contributed by atoms with Gasteiger partial charge in [-0.2, -0.15) is 0 Å². The molecule has 2 bridgehead atoms. The molecule has 5 heteroatoms. The number of nitrogens with zero attached hydrogens (tertiary/aromatic N) is 1. The van der Waals surface area contributed by atoms with Crippen molar-refractivity contribution in [2.24, 2.45) is 5.41 Å². The summed E-state index contributed by atoms with van der Waals surface area (Å²) in [5.74, 6) is -0.0373. The third kappa shape index (κ3) is 3.51. The summed E-state index contributed by atoms with van der Waals surface area (Å²) in [5, 5.41) is 6.39. The first-order valence-electron chi connectivity index (χ1n) is 7.63. The topological polar surface area (TPSA) is 61.4 Å². The summed E-state index contributed by atoms with van der Waals surface area (Å²) in [7, 11) is 0. The minimum atomic E-state index is -0.464. The van der Waals surface area contributed by atoms with Crippen LogP contribution in [0.2, 0.25) is 0 Å². The molecule has 0 aromatic carbocycles. The molecule has 20 heavy (non-hydrogen) atoms. The van der Waals surface area contributed by atoms with Gasteiger partial charge in [-0.25, -0.2) is 0 Å². The zero-order chi connectivity index (χ0) is 14.9. The van der Waals surface area contributed by atoms with E-state index >= 15 is 0 Å². The zero-order valence-electron chi connectivity index (χ0n) is 13.0. The van der Waals surface area contributed by atoms with E-state index in [1.807, 2.05) is 25.7 Å². The Balaban J connectivity index is 1.91. The molecule has 2 aliphatic rings. The van der Waals surface area contributed by atoms with Crippen LogP contribution in [0.1, 0.15) is 47.0 Å². The van der Waals surface area contributed by atoms with E-state index in [0.717, 1.165) is 25.9 Å². The maximum Gasteiger partial charge on any atom is 0.244 e. The van der Waals surface area contributed by atoms with Gasteiger partial charge in [0.25, 0.3) is 0 Å². The number of amides is 2. The van der Waals surface area contributed by atoms with Crippen LogP contribution in [-0.2, 0) is 9.59 Å². The summed E-state index contributed by atoms with van der Waals surface area (Å²) in [6, 6.07) is 0.549. The molecule has 0 aliphatic carbocycles. The average Bonchev–Trinajstić information content (AvgIpc) is 2.67. The number of rotatable bonds is 2. The molecular weight excluding hydrogens is 254 g/mol. The monoisotopic (exact) mass is 281 g/mol. The Bertz CT molecular complexity index is 389. The van der Waals surface area contributed by atoms with Gasteiger partial charge < -0.3 is 15.5 Å². The maximum atomic E-state index is 12.5. The van der Waals surface area contributed by atoms with Crippen molar-refractivity contribution in [2.45, 2.75) is 65.1 Å². The molecule has 3 unspecified atom stereocenters. The normalized spacial score (nSPS) is 27.9. The van der Waals surface area contributed by atoms with Crippen LogP contribution in [0, 0.1) is 5.41 Å². The van der Waals surface area contributed by atoms with Crippen molar-refractivity contribution in [2.75, 3.05) is 13.1 Å². The van der Waals surface area contributed by atoms with Gasteiger partial charge in [0.1, 0.15) is 6.04 Å². The Morgan fingerprint density at radius 2 is 1.85 bits per heavy atom. The summed E-state index contributed by atoms with van der Waals surface area (Å²) in [6.07, 6.45) is 3.39. The van der Waals surface area contributed by atoms with Crippen molar-refractivity contribution in [1.82, 2.24) is 15.5 Å². The fraction of sp³-hybridized carbons (Fsp3) is 0.867. The van der Waals surface area contributed by atoms with Crippen LogP contribution in [-0.4, -0.2) is 47.9 Å². The summed E-state index contributed by atoms with van der Waals surface area (Å²) in [6.45, 7) is 8.91. The number of likely N-dealkylation sites (tertiary alicyclic amines) is 1. The predicted molar refractivity (Wildman–Crippen MR) is 78.2 cm³/mol. The smallest absolute Gasteiger partial charge is 0.244 e. The van der Waals surface area contributed by atoms with Crippen LogP contribution in [0.25, 0.3) is 0 Å². The summed E-state index contributed by atoms with van der Waals surface area (Å²) in [4.78, 5) is 26.3. The summed E-state index contributed by atoms with van der Waals surface area (Å²) in [5.41, 5.74) is -0.464. The Labute approximate surface area is 121 Å².